The molecule has 106 valence electrons. The number of nitrogens with zero attached hydrogens (tertiary/aromatic N) is 2. The van der Waals surface area contributed by atoms with Crippen LogP contribution in [-0.2, 0) is 10.2 Å². The minimum Gasteiger partial charge on any atom is -0.383 e. The van der Waals surface area contributed by atoms with Gasteiger partial charge in [-0.25, -0.2) is 9.97 Å². The number of hydrogen-bond acceptors (Lipinski definition) is 4. The Morgan fingerprint density at radius 1 is 1.37 bits per heavy atom. The van der Waals surface area contributed by atoms with Crippen LogP contribution in [0, 0.1) is 5.92 Å². The van der Waals surface area contributed by atoms with Crippen molar-refractivity contribution in [3.05, 3.63) is 16.0 Å². The lowest BCUT2D eigenvalue weighted by molar-refractivity contribution is 0.0398. The molecule has 1 atom stereocenters. The first-order valence-corrected chi connectivity index (χ1v) is 7.59. The fourth-order valence-corrected chi connectivity index (χ4v) is 2.88. The second kappa shape index (κ2) is 5.37. The molecule has 0 amide bonds. The smallest absolute Gasteiger partial charge is 0.160 e. The summed E-state index contributed by atoms with van der Waals surface area (Å²) in [6.45, 7) is 9.04. The van der Waals surface area contributed by atoms with Crippen molar-refractivity contribution in [2.45, 2.75) is 52.1 Å². The second-order valence-electron chi connectivity index (χ2n) is 6.09. The van der Waals surface area contributed by atoms with Crippen molar-refractivity contribution in [3.63, 3.8) is 0 Å². The lowest BCUT2D eigenvalue weighted by Crippen LogP contribution is -2.20. The first-order valence-electron chi connectivity index (χ1n) is 6.79. The summed E-state index contributed by atoms with van der Waals surface area (Å²) in [4.78, 5) is 9.14. The third kappa shape index (κ3) is 3.26. The molecule has 0 aliphatic heterocycles. The SMILES string of the molecule is CCOC(c1nc(N)c(Br)c(C(C)(C)C)n1)C1CC1. The van der Waals surface area contributed by atoms with Crippen LogP contribution in [0.1, 0.15) is 58.2 Å². The van der Waals surface area contributed by atoms with Crippen molar-refractivity contribution in [2.24, 2.45) is 5.92 Å². The molecular weight excluding hydrogens is 306 g/mol. The van der Waals surface area contributed by atoms with Gasteiger partial charge in [0.15, 0.2) is 5.82 Å². The molecule has 1 aromatic rings. The van der Waals surface area contributed by atoms with Gasteiger partial charge in [0, 0.05) is 12.0 Å². The number of halogens is 1. The molecule has 19 heavy (non-hydrogen) atoms. The predicted molar refractivity (Wildman–Crippen MR) is 79.9 cm³/mol. The molecule has 0 radical (unpaired) electrons. The van der Waals surface area contributed by atoms with Gasteiger partial charge in [-0.15, -0.1) is 0 Å². The molecule has 1 unspecified atom stereocenters. The lowest BCUT2D eigenvalue weighted by atomic mass is 9.91. The minimum atomic E-state index is -0.0784. The van der Waals surface area contributed by atoms with Gasteiger partial charge in [0.25, 0.3) is 0 Å². The van der Waals surface area contributed by atoms with E-state index in [0.717, 1.165) is 16.0 Å². The Morgan fingerprint density at radius 2 is 2.00 bits per heavy atom. The second-order valence-corrected chi connectivity index (χ2v) is 6.89. The van der Waals surface area contributed by atoms with E-state index in [2.05, 4.69) is 41.7 Å². The molecule has 1 aromatic heterocycles. The van der Waals surface area contributed by atoms with E-state index in [-0.39, 0.29) is 11.5 Å². The number of ether oxygens (including phenoxy) is 1. The molecule has 0 bridgehead atoms. The summed E-state index contributed by atoms with van der Waals surface area (Å²) in [6, 6.07) is 0. The van der Waals surface area contributed by atoms with Crippen LogP contribution in [0.3, 0.4) is 0 Å². The van der Waals surface area contributed by atoms with Gasteiger partial charge in [0.05, 0.1) is 10.2 Å². The molecule has 1 aliphatic carbocycles. The highest BCUT2D eigenvalue weighted by atomic mass is 79.9. The van der Waals surface area contributed by atoms with E-state index < -0.39 is 0 Å². The van der Waals surface area contributed by atoms with Gasteiger partial charge in [0.1, 0.15) is 11.9 Å². The molecular formula is C14H22BrN3O. The van der Waals surface area contributed by atoms with Crippen LogP contribution in [0.4, 0.5) is 5.82 Å². The summed E-state index contributed by atoms with van der Waals surface area (Å²) in [6.07, 6.45) is 2.37. The number of anilines is 1. The zero-order chi connectivity index (χ0) is 14.2. The van der Waals surface area contributed by atoms with E-state index in [4.69, 9.17) is 15.5 Å². The van der Waals surface area contributed by atoms with Crippen molar-refractivity contribution in [1.29, 1.82) is 0 Å². The molecule has 5 heteroatoms. The van der Waals surface area contributed by atoms with Crippen molar-refractivity contribution < 1.29 is 4.74 Å². The number of rotatable bonds is 4. The topological polar surface area (TPSA) is 61.0 Å². The van der Waals surface area contributed by atoms with Crippen LogP contribution in [0.2, 0.25) is 0 Å². The zero-order valence-electron chi connectivity index (χ0n) is 12.0. The summed E-state index contributed by atoms with van der Waals surface area (Å²) in [5.41, 5.74) is 6.89. The summed E-state index contributed by atoms with van der Waals surface area (Å²) < 4.78 is 6.62. The molecule has 1 saturated carbocycles. The van der Waals surface area contributed by atoms with E-state index in [1.54, 1.807) is 0 Å². The largest absolute Gasteiger partial charge is 0.383 e. The molecule has 0 aromatic carbocycles. The molecule has 0 saturated heterocycles. The van der Waals surface area contributed by atoms with Crippen LogP contribution >= 0.6 is 15.9 Å². The Labute approximate surface area is 123 Å². The molecule has 1 fully saturated rings. The average molecular weight is 328 g/mol. The lowest BCUT2D eigenvalue weighted by Gasteiger charge is -2.23. The van der Waals surface area contributed by atoms with E-state index >= 15 is 0 Å². The Bertz CT molecular complexity index is 466. The fourth-order valence-electron chi connectivity index (χ4n) is 2.11. The summed E-state index contributed by atoms with van der Waals surface area (Å²) in [5, 5.41) is 0. The van der Waals surface area contributed by atoms with E-state index in [0.29, 0.717) is 18.3 Å². The van der Waals surface area contributed by atoms with Crippen molar-refractivity contribution in [3.8, 4) is 0 Å². The molecule has 2 N–H and O–H groups in total. The zero-order valence-corrected chi connectivity index (χ0v) is 13.6. The Kier molecular flexibility index (Phi) is 4.16. The normalized spacial score (nSPS) is 17.5. The monoisotopic (exact) mass is 327 g/mol. The van der Waals surface area contributed by atoms with Gasteiger partial charge >= 0.3 is 0 Å². The maximum absolute atomic E-state index is 6.02. The predicted octanol–water partition coefficient (Wildman–Crippen LogP) is 3.61. The number of hydrogen-bond donors (Lipinski definition) is 1. The van der Waals surface area contributed by atoms with Crippen molar-refractivity contribution in [1.82, 2.24) is 9.97 Å². The van der Waals surface area contributed by atoms with Crippen LogP contribution in [0.15, 0.2) is 4.47 Å². The maximum atomic E-state index is 6.02. The fraction of sp³-hybridized carbons (Fsp3) is 0.714. The molecule has 4 nitrogen and oxygen atoms in total. The molecule has 1 aliphatic rings. The first-order chi connectivity index (χ1) is 8.84. The third-order valence-corrected chi connectivity index (χ3v) is 4.04. The van der Waals surface area contributed by atoms with E-state index in [9.17, 15) is 0 Å². The van der Waals surface area contributed by atoms with Crippen molar-refractivity contribution >= 4 is 21.7 Å². The van der Waals surface area contributed by atoms with Crippen molar-refractivity contribution in [2.75, 3.05) is 12.3 Å². The highest BCUT2D eigenvalue weighted by molar-refractivity contribution is 9.10. The number of aromatic nitrogens is 2. The maximum Gasteiger partial charge on any atom is 0.160 e. The summed E-state index contributed by atoms with van der Waals surface area (Å²) in [7, 11) is 0. The van der Waals surface area contributed by atoms with Crippen LogP contribution in [-0.4, -0.2) is 16.6 Å². The summed E-state index contributed by atoms with van der Waals surface area (Å²) in [5.74, 6) is 1.78. The van der Waals surface area contributed by atoms with Crippen LogP contribution < -0.4 is 5.73 Å². The van der Waals surface area contributed by atoms with E-state index in [1.165, 1.54) is 12.8 Å². The highest BCUT2D eigenvalue weighted by Crippen LogP contribution is 2.43. The van der Waals surface area contributed by atoms with Crippen LogP contribution in [0.25, 0.3) is 0 Å². The van der Waals surface area contributed by atoms with Crippen LogP contribution in [0.5, 0.6) is 0 Å². The summed E-state index contributed by atoms with van der Waals surface area (Å²) >= 11 is 3.50. The van der Waals surface area contributed by atoms with Gasteiger partial charge < -0.3 is 10.5 Å². The molecule has 0 spiro atoms. The standard InChI is InChI=1S/C14H22BrN3O/c1-5-19-10(8-6-7-8)13-17-11(14(2,3)4)9(15)12(16)18-13/h8,10H,5-7H2,1-4H3,(H2,16,17,18). The highest BCUT2D eigenvalue weighted by Gasteiger charge is 2.36. The van der Waals surface area contributed by atoms with Gasteiger partial charge in [-0.05, 0) is 41.6 Å². The Morgan fingerprint density at radius 3 is 2.47 bits per heavy atom. The molecule has 2 rings (SSSR count). The average Bonchev–Trinajstić information content (AvgIpc) is 3.12. The quantitative estimate of drug-likeness (QED) is 0.917. The minimum absolute atomic E-state index is 0.0125. The number of nitrogen functional groups attached to an aromatic ring is 1. The molecule has 1 heterocycles. The number of nitrogens with two attached hydrogens (primary N) is 1. The van der Waals surface area contributed by atoms with E-state index in [1.807, 2.05) is 6.92 Å². The first kappa shape index (κ1) is 14.7. The van der Waals surface area contributed by atoms with Gasteiger partial charge in [-0.3, -0.25) is 0 Å². The Balaban J connectivity index is 2.43. The van der Waals surface area contributed by atoms with Gasteiger partial charge in [0.2, 0.25) is 0 Å². The van der Waals surface area contributed by atoms with Gasteiger partial charge in [-0.1, -0.05) is 20.8 Å². The third-order valence-electron chi connectivity index (χ3n) is 3.26. The van der Waals surface area contributed by atoms with Gasteiger partial charge in [-0.2, -0.15) is 0 Å². The Hall–Kier alpha value is -0.680.